The van der Waals surface area contributed by atoms with E-state index in [1.165, 1.54) is 74.5 Å². The number of hydrogen-bond acceptors (Lipinski definition) is 1. The van der Waals surface area contributed by atoms with Gasteiger partial charge in [-0.05, 0) is 100 Å². The summed E-state index contributed by atoms with van der Waals surface area (Å²) in [5.41, 5.74) is 10.8. The van der Waals surface area contributed by atoms with Gasteiger partial charge in [-0.1, -0.05) is 56.5 Å². The Morgan fingerprint density at radius 3 is 2.16 bits per heavy atom. The SMILES string of the molecule is CCCCc1ccc2c(c1)[C@]13CCC[C@]1(CCC3)c1cc(-c3ccc(Br)cn3)ccc1-2. The molecule has 0 amide bonds. The van der Waals surface area contributed by atoms with Gasteiger partial charge >= 0.3 is 0 Å². The van der Waals surface area contributed by atoms with Gasteiger partial charge in [-0.15, -0.1) is 0 Å². The first-order valence-electron chi connectivity index (χ1n) is 12.1. The smallest absolute Gasteiger partial charge is 0.0702 e. The first-order chi connectivity index (χ1) is 15.2. The number of pyridine rings is 1. The summed E-state index contributed by atoms with van der Waals surface area (Å²) in [6.07, 6.45) is 13.8. The fourth-order valence-electron chi connectivity index (χ4n) is 7.28. The normalized spacial score (nSPS) is 25.6. The van der Waals surface area contributed by atoms with Crippen LogP contribution in [0.3, 0.4) is 0 Å². The Morgan fingerprint density at radius 2 is 1.52 bits per heavy atom. The van der Waals surface area contributed by atoms with E-state index < -0.39 is 0 Å². The molecule has 2 aromatic carbocycles. The largest absolute Gasteiger partial charge is 0.255 e. The maximum atomic E-state index is 4.70. The topological polar surface area (TPSA) is 12.9 Å². The van der Waals surface area contributed by atoms with E-state index in [0.717, 1.165) is 10.2 Å². The van der Waals surface area contributed by atoms with Crippen molar-refractivity contribution in [3.8, 4) is 22.4 Å². The van der Waals surface area contributed by atoms with Crippen molar-refractivity contribution in [3.63, 3.8) is 0 Å². The van der Waals surface area contributed by atoms with Gasteiger partial charge in [0.25, 0.3) is 0 Å². The van der Waals surface area contributed by atoms with Crippen LogP contribution in [0.2, 0.25) is 0 Å². The van der Waals surface area contributed by atoms with Crippen LogP contribution in [-0.4, -0.2) is 4.98 Å². The van der Waals surface area contributed by atoms with Crippen LogP contribution in [0.15, 0.2) is 59.2 Å². The number of nitrogens with zero attached hydrogens (tertiary/aromatic N) is 1. The standard InChI is InChI=1S/C29H30BrN/c1-2-3-6-20-7-10-23-24-11-8-21(27-12-9-22(30)19-31-27)18-26(24)29-15-4-13-28(29,14-5-16-29)25(23)17-20/h7-12,17-19H,2-6,13-16H2,1H3/t28-,29+. The van der Waals surface area contributed by atoms with Crippen molar-refractivity contribution < 1.29 is 0 Å². The van der Waals surface area contributed by atoms with E-state index in [9.17, 15) is 0 Å². The minimum Gasteiger partial charge on any atom is -0.255 e. The van der Waals surface area contributed by atoms with Gasteiger partial charge in [-0.3, -0.25) is 4.98 Å². The van der Waals surface area contributed by atoms with Crippen molar-refractivity contribution in [2.45, 2.75) is 75.5 Å². The van der Waals surface area contributed by atoms with Crippen LogP contribution in [0, 0.1) is 0 Å². The molecule has 0 spiro atoms. The monoisotopic (exact) mass is 471 g/mol. The van der Waals surface area contributed by atoms with E-state index in [1.54, 1.807) is 16.7 Å². The number of hydrogen-bond donors (Lipinski definition) is 0. The van der Waals surface area contributed by atoms with Gasteiger partial charge in [0.2, 0.25) is 0 Å². The number of halogens is 1. The van der Waals surface area contributed by atoms with Crippen molar-refractivity contribution in [1.29, 1.82) is 0 Å². The van der Waals surface area contributed by atoms with E-state index >= 15 is 0 Å². The van der Waals surface area contributed by atoms with Gasteiger partial charge in [0.05, 0.1) is 5.69 Å². The predicted molar refractivity (Wildman–Crippen MR) is 132 cm³/mol. The molecular weight excluding hydrogens is 442 g/mol. The van der Waals surface area contributed by atoms with Crippen molar-refractivity contribution >= 4 is 15.9 Å². The Hall–Kier alpha value is -1.93. The third-order valence-corrected chi connectivity index (χ3v) is 9.07. The van der Waals surface area contributed by atoms with Gasteiger partial charge in [0, 0.05) is 27.1 Å². The molecule has 3 aliphatic carbocycles. The van der Waals surface area contributed by atoms with Crippen LogP contribution in [0.1, 0.15) is 75.0 Å². The maximum Gasteiger partial charge on any atom is 0.0702 e. The highest BCUT2D eigenvalue weighted by Crippen LogP contribution is 2.69. The first-order valence-corrected chi connectivity index (χ1v) is 12.9. The van der Waals surface area contributed by atoms with Crippen LogP contribution < -0.4 is 0 Å². The Bertz CT molecular complexity index is 1130. The van der Waals surface area contributed by atoms with Gasteiger partial charge < -0.3 is 0 Å². The molecule has 0 radical (unpaired) electrons. The van der Waals surface area contributed by atoms with Gasteiger partial charge in [-0.25, -0.2) is 0 Å². The molecule has 0 aliphatic heterocycles. The van der Waals surface area contributed by atoms with E-state index in [0.29, 0.717) is 10.8 Å². The van der Waals surface area contributed by atoms with Crippen molar-refractivity contribution in [2.24, 2.45) is 0 Å². The second-order valence-corrected chi connectivity index (χ2v) is 10.9. The zero-order valence-electron chi connectivity index (χ0n) is 18.4. The average molecular weight is 472 g/mol. The highest BCUT2D eigenvalue weighted by atomic mass is 79.9. The summed E-state index contributed by atoms with van der Waals surface area (Å²) in [6.45, 7) is 2.30. The quantitative estimate of drug-likeness (QED) is 0.372. The minimum absolute atomic E-state index is 0.323. The molecule has 6 rings (SSSR count). The lowest BCUT2D eigenvalue weighted by Gasteiger charge is -2.48. The lowest BCUT2D eigenvalue weighted by atomic mass is 9.55. The van der Waals surface area contributed by atoms with E-state index in [-0.39, 0.29) is 0 Å². The Labute approximate surface area is 194 Å². The predicted octanol–water partition coefficient (Wildman–Crippen LogP) is 8.38. The molecule has 1 nitrogen and oxygen atoms in total. The molecular formula is C29H30BrN. The van der Waals surface area contributed by atoms with Crippen LogP contribution in [0.5, 0.6) is 0 Å². The molecule has 2 fully saturated rings. The van der Waals surface area contributed by atoms with Gasteiger partial charge in [0.1, 0.15) is 0 Å². The third-order valence-electron chi connectivity index (χ3n) is 8.60. The van der Waals surface area contributed by atoms with E-state index in [4.69, 9.17) is 4.98 Å². The summed E-state index contributed by atoms with van der Waals surface area (Å²) in [7, 11) is 0. The summed E-state index contributed by atoms with van der Waals surface area (Å²) in [6, 6.07) is 18.9. The molecule has 0 N–H and O–H groups in total. The number of fused-ring (bicyclic) bond motifs is 3. The van der Waals surface area contributed by atoms with E-state index in [1.807, 2.05) is 6.20 Å². The number of aromatic nitrogens is 1. The van der Waals surface area contributed by atoms with Gasteiger partial charge in [-0.2, -0.15) is 0 Å². The molecule has 2 heteroatoms. The zero-order chi connectivity index (χ0) is 21.1. The zero-order valence-corrected chi connectivity index (χ0v) is 20.0. The van der Waals surface area contributed by atoms with Crippen LogP contribution in [0.25, 0.3) is 22.4 Å². The van der Waals surface area contributed by atoms with Crippen molar-refractivity contribution in [1.82, 2.24) is 4.98 Å². The second kappa shape index (κ2) is 7.30. The van der Waals surface area contributed by atoms with E-state index in [2.05, 4.69) is 71.4 Å². The molecule has 0 atom stereocenters. The summed E-state index contributed by atoms with van der Waals surface area (Å²) in [5, 5.41) is 0. The molecule has 158 valence electrons. The van der Waals surface area contributed by atoms with Gasteiger partial charge in [0.15, 0.2) is 0 Å². The summed E-state index contributed by atoms with van der Waals surface area (Å²) in [5.74, 6) is 0. The Morgan fingerprint density at radius 1 is 0.839 bits per heavy atom. The fourth-order valence-corrected chi connectivity index (χ4v) is 7.52. The van der Waals surface area contributed by atoms with Crippen LogP contribution in [0.4, 0.5) is 0 Å². The molecule has 2 saturated carbocycles. The Balaban J connectivity index is 1.56. The molecule has 1 aromatic heterocycles. The number of aryl methyl sites for hydroxylation is 1. The van der Waals surface area contributed by atoms with Crippen molar-refractivity contribution in [3.05, 3.63) is 75.9 Å². The third kappa shape index (κ3) is 2.76. The first kappa shape index (κ1) is 19.7. The highest BCUT2D eigenvalue weighted by molar-refractivity contribution is 9.10. The highest BCUT2D eigenvalue weighted by Gasteiger charge is 2.62. The van der Waals surface area contributed by atoms with Crippen molar-refractivity contribution in [2.75, 3.05) is 0 Å². The maximum absolute atomic E-state index is 4.70. The average Bonchev–Trinajstić information content (AvgIpc) is 3.36. The molecule has 31 heavy (non-hydrogen) atoms. The fraction of sp³-hybridized carbons (Fsp3) is 0.414. The second-order valence-electron chi connectivity index (χ2n) is 9.98. The number of benzene rings is 2. The molecule has 3 aromatic rings. The number of unbranched alkanes of at least 4 members (excludes halogenated alkanes) is 1. The summed E-state index contributed by atoms with van der Waals surface area (Å²) >= 11 is 3.53. The minimum atomic E-state index is 0.323. The lowest BCUT2D eigenvalue weighted by Crippen LogP contribution is -2.43. The Kier molecular flexibility index (Phi) is 4.65. The molecule has 0 unspecified atom stereocenters. The molecule has 1 heterocycles. The molecule has 0 bridgehead atoms. The van der Waals surface area contributed by atoms with Crippen LogP contribution in [-0.2, 0) is 17.3 Å². The summed E-state index contributed by atoms with van der Waals surface area (Å²) in [4.78, 5) is 4.70. The summed E-state index contributed by atoms with van der Waals surface area (Å²) < 4.78 is 1.03. The lowest BCUT2D eigenvalue weighted by molar-refractivity contribution is 0.299. The van der Waals surface area contributed by atoms with Crippen LogP contribution >= 0.6 is 15.9 Å². The molecule has 0 saturated heterocycles. The molecule has 3 aliphatic rings. The number of rotatable bonds is 4.